The second kappa shape index (κ2) is 13.9. The van der Waals surface area contributed by atoms with Crippen LogP contribution in [0.1, 0.15) is 62.1 Å². The van der Waals surface area contributed by atoms with E-state index in [-0.39, 0.29) is 31.5 Å². The number of amides is 2. The minimum absolute atomic E-state index is 0.0190. The summed E-state index contributed by atoms with van der Waals surface area (Å²) < 4.78 is 11.8. The third kappa shape index (κ3) is 7.28. The molecule has 4 aliphatic carbocycles. The van der Waals surface area contributed by atoms with Gasteiger partial charge in [-0.25, -0.2) is 4.79 Å². The molecule has 0 unspecified atom stereocenters. The second-order valence-electron chi connectivity index (χ2n) is 14.5. The maximum atomic E-state index is 14.4. The fourth-order valence-electron chi connectivity index (χ4n) is 8.70. The minimum atomic E-state index is -1.36. The van der Waals surface area contributed by atoms with Crippen LogP contribution in [0.3, 0.4) is 0 Å². The number of hydrogen-bond acceptors (Lipinski definition) is 5. The van der Waals surface area contributed by atoms with Crippen molar-refractivity contribution in [3.05, 3.63) is 108 Å². The zero-order valence-electron chi connectivity index (χ0n) is 27.5. The summed E-state index contributed by atoms with van der Waals surface area (Å²) in [7, 11) is 0. The quantitative estimate of drug-likeness (QED) is 0.145. The van der Waals surface area contributed by atoms with Gasteiger partial charge in [0.1, 0.15) is 18.2 Å². The van der Waals surface area contributed by atoms with Crippen molar-refractivity contribution in [2.24, 2.45) is 23.7 Å². The molecule has 4 saturated carbocycles. The van der Waals surface area contributed by atoms with Gasteiger partial charge in [-0.15, -0.1) is 0 Å². The van der Waals surface area contributed by atoms with E-state index in [1.54, 1.807) is 6.92 Å². The molecule has 4 bridgehead atoms. The predicted octanol–water partition coefficient (Wildman–Crippen LogP) is 6.88. The van der Waals surface area contributed by atoms with Gasteiger partial charge in [-0.3, -0.25) is 9.59 Å². The van der Waals surface area contributed by atoms with E-state index in [2.05, 4.69) is 15.6 Å². The number of para-hydroxylation sites is 1. The van der Waals surface area contributed by atoms with Gasteiger partial charge in [0.2, 0.25) is 5.91 Å². The lowest BCUT2D eigenvalue weighted by molar-refractivity contribution is -0.145. The van der Waals surface area contributed by atoms with Crippen molar-refractivity contribution in [3.8, 4) is 0 Å². The lowest BCUT2D eigenvalue weighted by Gasteiger charge is -2.53. The monoisotopic (exact) mass is 647 g/mol. The molecule has 8 nitrogen and oxygen atoms in total. The standard InChI is InChI=1S/C40H45N3O5/c1-40(23-32-24-41-35-15-9-8-14-34(32)35,43-39(46)48-37-30-17-28-16-29(19-30)20-31(37)18-28)38(45)42-33(21-26-10-4-2-5-11-26)22-36(44)47-25-27-12-6-3-7-13-27/h2-15,24,28-31,33,37,41H,16-23,25H2,1H3,(H,42,45)(H,43,46)/t28?,29?,30?,31?,33-,37?,40-/m1/s1. The molecule has 8 rings (SSSR count). The lowest BCUT2D eigenvalue weighted by atomic mass is 9.55. The molecular formula is C40H45N3O5. The van der Waals surface area contributed by atoms with Crippen LogP contribution in [0.2, 0.25) is 0 Å². The van der Waals surface area contributed by atoms with Crippen LogP contribution in [0, 0.1) is 23.7 Å². The van der Waals surface area contributed by atoms with Gasteiger partial charge in [-0.1, -0.05) is 78.9 Å². The molecule has 1 aromatic heterocycles. The maximum absolute atomic E-state index is 14.4. The molecule has 3 aromatic carbocycles. The van der Waals surface area contributed by atoms with Gasteiger partial charge < -0.3 is 25.1 Å². The van der Waals surface area contributed by atoms with Crippen molar-refractivity contribution in [2.45, 2.75) is 82.6 Å². The number of aromatic nitrogens is 1. The number of rotatable bonds is 12. The van der Waals surface area contributed by atoms with E-state index in [1.165, 1.54) is 6.42 Å². The first-order valence-corrected chi connectivity index (χ1v) is 17.4. The molecule has 48 heavy (non-hydrogen) atoms. The Hall–Kier alpha value is -4.59. The third-order valence-electron chi connectivity index (χ3n) is 10.8. The number of benzene rings is 3. The van der Waals surface area contributed by atoms with Crippen molar-refractivity contribution >= 4 is 28.9 Å². The fraction of sp³-hybridized carbons (Fsp3) is 0.425. The molecule has 4 aromatic rings. The Bertz CT molecular complexity index is 1710. The summed E-state index contributed by atoms with van der Waals surface area (Å²) in [6.45, 7) is 1.90. The first-order chi connectivity index (χ1) is 23.3. The first-order valence-electron chi connectivity index (χ1n) is 17.4. The van der Waals surface area contributed by atoms with Gasteiger partial charge in [-0.05, 0) is 91.9 Å². The second-order valence-corrected chi connectivity index (χ2v) is 14.5. The van der Waals surface area contributed by atoms with Crippen LogP contribution in [-0.2, 0) is 38.5 Å². The van der Waals surface area contributed by atoms with Crippen LogP contribution >= 0.6 is 0 Å². The molecule has 4 fully saturated rings. The summed E-state index contributed by atoms with van der Waals surface area (Å²) in [5.74, 6) is 1.53. The summed E-state index contributed by atoms with van der Waals surface area (Å²) >= 11 is 0. The Labute approximate surface area is 282 Å². The van der Waals surface area contributed by atoms with Crippen molar-refractivity contribution in [3.63, 3.8) is 0 Å². The van der Waals surface area contributed by atoms with Gasteiger partial charge in [0, 0.05) is 29.6 Å². The number of nitrogens with one attached hydrogen (secondary N) is 3. The number of fused-ring (bicyclic) bond motifs is 1. The lowest BCUT2D eigenvalue weighted by Crippen LogP contribution is -2.61. The van der Waals surface area contributed by atoms with Crippen molar-refractivity contribution in [2.75, 3.05) is 0 Å². The number of aromatic amines is 1. The topological polar surface area (TPSA) is 110 Å². The highest BCUT2D eigenvalue weighted by molar-refractivity contribution is 5.92. The van der Waals surface area contributed by atoms with Crippen molar-refractivity contribution in [1.29, 1.82) is 0 Å². The van der Waals surface area contributed by atoms with Crippen LogP contribution in [0.15, 0.2) is 91.1 Å². The molecule has 4 aliphatic rings. The van der Waals surface area contributed by atoms with E-state index in [1.807, 2.05) is 91.1 Å². The minimum Gasteiger partial charge on any atom is -0.461 e. The Morgan fingerprint density at radius 2 is 1.46 bits per heavy atom. The average molecular weight is 648 g/mol. The molecule has 2 amide bonds. The van der Waals surface area contributed by atoms with Crippen LogP contribution in [0.25, 0.3) is 10.9 Å². The van der Waals surface area contributed by atoms with Gasteiger partial charge >= 0.3 is 12.1 Å². The Balaban J connectivity index is 1.10. The van der Waals surface area contributed by atoms with Gasteiger partial charge in [0.15, 0.2) is 0 Å². The van der Waals surface area contributed by atoms with E-state index in [0.717, 1.165) is 65.1 Å². The molecule has 0 radical (unpaired) electrons. The Kier molecular flexibility index (Phi) is 9.24. The van der Waals surface area contributed by atoms with Crippen LogP contribution < -0.4 is 10.6 Å². The summed E-state index contributed by atoms with van der Waals surface area (Å²) in [5.41, 5.74) is 2.36. The maximum Gasteiger partial charge on any atom is 0.408 e. The molecule has 250 valence electrons. The summed E-state index contributed by atoms with van der Waals surface area (Å²) in [4.78, 5) is 44.5. The molecule has 3 N–H and O–H groups in total. The summed E-state index contributed by atoms with van der Waals surface area (Å²) in [6.07, 6.45) is 7.68. The number of H-pyrrole nitrogens is 1. The number of carbonyl (C=O) groups excluding carboxylic acids is 3. The van der Waals surface area contributed by atoms with Crippen LogP contribution in [0.4, 0.5) is 4.79 Å². The van der Waals surface area contributed by atoms with E-state index in [4.69, 9.17) is 9.47 Å². The van der Waals surface area contributed by atoms with Crippen LogP contribution in [-0.4, -0.2) is 40.6 Å². The molecule has 8 heteroatoms. The van der Waals surface area contributed by atoms with E-state index >= 15 is 0 Å². The molecule has 0 spiro atoms. The number of esters is 1. The summed E-state index contributed by atoms with van der Waals surface area (Å²) in [6, 6.07) is 26.6. The Morgan fingerprint density at radius 1 is 0.833 bits per heavy atom. The molecule has 0 saturated heterocycles. The fourth-order valence-corrected chi connectivity index (χ4v) is 8.70. The van der Waals surface area contributed by atoms with Crippen molar-refractivity contribution < 1.29 is 23.9 Å². The largest absolute Gasteiger partial charge is 0.461 e. The number of carbonyl (C=O) groups is 3. The third-order valence-corrected chi connectivity index (χ3v) is 10.8. The van der Waals surface area contributed by atoms with Crippen molar-refractivity contribution in [1.82, 2.24) is 15.6 Å². The normalized spacial score (nSPS) is 24.4. The SMILES string of the molecule is C[C@](Cc1c[nH]c2ccccc12)(NC(=O)OC1C2CC3CC(C2)CC1C3)C(=O)N[C@@H](CC(=O)OCc1ccccc1)Cc1ccccc1. The summed E-state index contributed by atoms with van der Waals surface area (Å²) in [5, 5.41) is 7.14. The van der Waals surface area contributed by atoms with Gasteiger partial charge in [-0.2, -0.15) is 0 Å². The predicted molar refractivity (Wildman–Crippen MR) is 184 cm³/mol. The zero-order chi connectivity index (χ0) is 33.1. The first kappa shape index (κ1) is 32.0. The van der Waals surface area contributed by atoms with Gasteiger partial charge in [0.25, 0.3) is 0 Å². The van der Waals surface area contributed by atoms with Crippen LogP contribution in [0.5, 0.6) is 0 Å². The highest BCUT2D eigenvalue weighted by atomic mass is 16.6. The smallest absolute Gasteiger partial charge is 0.408 e. The van der Waals surface area contributed by atoms with Gasteiger partial charge in [0.05, 0.1) is 6.42 Å². The Morgan fingerprint density at radius 3 is 2.15 bits per heavy atom. The zero-order valence-corrected chi connectivity index (χ0v) is 27.5. The van der Waals surface area contributed by atoms with E-state index < -0.39 is 23.6 Å². The molecule has 1 heterocycles. The number of hydrogen-bond donors (Lipinski definition) is 3. The van der Waals surface area contributed by atoms with E-state index in [9.17, 15) is 14.4 Å². The number of alkyl carbamates (subject to hydrolysis) is 1. The highest BCUT2D eigenvalue weighted by Gasteiger charge is 2.50. The molecule has 0 aliphatic heterocycles. The van der Waals surface area contributed by atoms with E-state index in [0.29, 0.717) is 18.3 Å². The highest BCUT2D eigenvalue weighted by Crippen LogP contribution is 2.54. The molecule has 2 atom stereocenters. The average Bonchev–Trinajstić information content (AvgIpc) is 3.48. The molecular weight excluding hydrogens is 602 g/mol. The number of ether oxygens (including phenoxy) is 2.